The van der Waals surface area contributed by atoms with Crippen molar-refractivity contribution in [2.75, 3.05) is 0 Å². The molecule has 1 aromatic heterocycles. The molecule has 0 fully saturated rings. The summed E-state index contributed by atoms with van der Waals surface area (Å²) in [5, 5.41) is 8.99. The second-order valence-corrected chi connectivity index (χ2v) is 7.11. The zero-order chi connectivity index (χ0) is 17.3. The number of thioether (sulfide) groups is 1. The molecule has 0 unspecified atom stereocenters. The van der Waals surface area contributed by atoms with Crippen molar-refractivity contribution >= 4 is 22.7 Å². The Labute approximate surface area is 156 Å². The van der Waals surface area contributed by atoms with Gasteiger partial charge >= 0.3 is 0 Å². The largest absolute Gasteiger partial charge is 0.274 e. The van der Waals surface area contributed by atoms with Crippen molar-refractivity contribution in [3.63, 3.8) is 0 Å². The SMILES string of the molecule is C1=C(c2ccccc2)Sc2ccccc2-n2c1nnc2-c1ccccc1. The molecule has 0 spiro atoms. The molecule has 0 amide bonds. The number of fused-ring (bicyclic) bond motifs is 3. The number of benzene rings is 3. The Morgan fingerprint density at radius 2 is 1.31 bits per heavy atom. The van der Waals surface area contributed by atoms with E-state index in [9.17, 15) is 0 Å². The zero-order valence-electron chi connectivity index (χ0n) is 13.9. The first-order chi connectivity index (χ1) is 12.9. The number of rotatable bonds is 2. The van der Waals surface area contributed by atoms with Gasteiger partial charge in [0.2, 0.25) is 0 Å². The smallest absolute Gasteiger partial charge is 0.168 e. The minimum absolute atomic E-state index is 0.847. The van der Waals surface area contributed by atoms with E-state index in [-0.39, 0.29) is 0 Å². The quantitative estimate of drug-likeness (QED) is 0.474. The van der Waals surface area contributed by atoms with Crippen molar-refractivity contribution in [1.82, 2.24) is 14.8 Å². The molecule has 0 N–H and O–H groups in total. The zero-order valence-corrected chi connectivity index (χ0v) is 14.7. The molecule has 0 radical (unpaired) electrons. The van der Waals surface area contributed by atoms with E-state index < -0.39 is 0 Å². The van der Waals surface area contributed by atoms with E-state index in [4.69, 9.17) is 0 Å². The number of para-hydroxylation sites is 1. The first-order valence-corrected chi connectivity index (χ1v) is 9.27. The van der Waals surface area contributed by atoms with Crippen LogP contribution in [0, 0.1) is 0 Å². The van der Waals surface area contributed by atoms with Gasteiger partial charge in [-0.2, -0.15) is 0 Å². The molecule has 5 rings (SSSR count). The lowest BCUT2D eigenvalue weighted by Crippen LogP contribution is -2.00. The van der Waals surface area contributed by atoms with Gasteiger partial charge in [0, 0.05) is 15.4 Å². The van der Waals surface area contributed by atoms with Crippen molar-refractivity contribution in [2.24, 2.45) is 0 Å². The minimum atomic E-state index is 0.847. The number of hydrogen-bond donors (Lipinski definition) is 0. The van der Waals surface area contributed by atoms with Gasteiger partial charge in [-0.1, -0.05) is 84.6 Å². The van der Waals surface area contributed by atoms with Gasteiger partial charge in [-0.25, -0.2) is 0 Å². The monoisotopic (exact) mass is 353 g/mol. The van der Waals surface area contributed by atoms with Crippen LogP contribution in [0.5, 0.6) is 0 Å². The summed E-state index contributed by atoms with van der Waals surface area (Å²) in [6.45, 7) is 0. The third-order valence-corrected chi connectivity index (χ3v) is 5.50. The van der Waals surface area contributed by atoms with E-state index in [1.807, 2.05) is 24.3 Å². The summed E-state index contributed by atoms with van der Waals surface area (Å²) in [7, 11) is 0. The van der Waals surface area contributed by atoms with Crippen molar-refractivity contribution in [2.45, 2.75) is 4.90 Å². The standard InChI is InChI=1S/C22H15N3S/c1-3-9-16(10-4-1)20-15-21-23-24-22(17-11-5-2-6-12-17)25(21)18-13-7-8-14-19(18)26-20/h1-15H. The van der Waals surface area contributed by atoms with Crippen molar-refractivity contribution in [3.05, 3.63) is 96.3 Å². The Morgan fingerprint density at radius 3 is 2.08 bits per heavy atom. The van der Waals surface area contributed by atoms with E-state index in [1.165, 1.54) is 15.4 Å². The molecule has 3 aromatic carbocycles. The van der Waals surface area contributed by atoms with E-state index in [2.05, 4.69) is 81.5 Å². The second kappa shape index (κ2) is 6.32. The van der Waals surface area contributed by atoms with Gasteiger partial charge in [-0.3, -0.25) is 4.57 Å². The van der Waals surface area contributed by atoms with Crippen LogP contribution in [0.25, 0.3) is 28.1 Å². The van der Waals surface area contributed by atoms with Gasteiger partial charge < -0.3 is 0 Å². The number of nitrogens with zero attached hydrogens (tertiary/aromatic N) is 3. The van der Waals surface area contributed by atoms with Crippen LogP contribution < -0.4 is 0 Å². The molecule has 1 aliphatic rings. The predicted octanol–water partition coefficient (Wildman–Crippen LogP) is 5.54. The Kier molecular flexibility index (Phi) is 3.68. The second-order valence-electron chi connectivity index (χ2n) is 6.03. The first kappa shape index (κ1) is 15.2. The van der Waals surface area contributed by atoms with Crippen LogP contribution in [0.1, 0.15) is 11.4 Å². The van der Waals surface area contributed by atoms with E-state index in [1.54, 1.807) is 11.8 Å². The van der Waals surface area contributed by atoms with E-state index in [0.29, 0.717) is 0 Å². The topological polar surface area (TPSA) is 30.7 Å². The fourth-order valence-corrected chi connectivity index (χ4v) is 4.21. The van der Waals surface area contributed by atoms with Crippen LogP contribution in [-0.4, -0.2) is 14.8 Å². The highest BCUT2D eigenvalue weighted by atomic mass is 32.2. The lowest BCUT2D eigenvalue weighted by molar-refractivity contribution is 1.01. The Bertz CT molecular complexity index is 1100. The Balaban J connectivity index is 1.77. The molecule has 26 heavy (non-hydrogen) atoms. The lowest BCUT2D eigenvalue weighted by atomic mass is 10.2. The van der Waals surface area contributed by atoms with Crippen molar-refractivity contribution in [3.8, 4) is 17.1 Å². The maximum atomic E-state index is 4.50. The fraction of sp³-hybridized carbons (Fsp3) is 0. The van der Waals surface area contributed by atoms with Crippen LogP contribution in [0.15, 0.2) is 89.8 Å². The van der Waals surface area contributed by atoms with Crippen molar-refractivity contribution < 1.29 is 0 Å². The van der Waals surface area contributed by atoms with Gasteiger partial charge in [0.05, 0.1) is 5.69 Å². The van der Waals surface area contributed by atoms with Gasteiger partial charge in [0.25, 0.3) is 0 Å². The lowest BCUT2D eigenvalue weighted by Gasteiger charge is -2.11. The molecule has 0 saturated carbocycles. The van der Waals surface area contributed by atoms with Crippen molar-refractivity contribution in [1.29, 1.82) is 0 Å². The molecular weight excluding hydrogens is 338 g/mol. The van der Waals surface area contributed by atoms with E-state index >= 15 is 0 Å². The molecule has 0 atom stereocenters. The maximum absolute atomic E-state index is 4.50. The van der Waals surface area contributed by atoms with Gasteiger partial charge in [-0.15, -0.1) is 10.2 Å². The number of aromatic nitrogens is 3. The molecule has 2 heterocycles. The highest BCUT2D eigenvalue weighted by Gasteiger charge is 2.21. The first-order valence-electron chi connectivity index (χ1n) is 8.45. The Morgan fingerprint density at radius 1 is 0.654 bits per heavy atom. The number of hydrogen-bond acceptors (Lipinski definition) is 3. The summed E-state index contributed by atoms with van der Waals surface area (Å²) in [5.41, 5.74) is 3.35. The Hall–Kier alpha value is -3.11. The summed E-state index contributed by atoms with van der Waals surface area (Å²) in [5.74, 6) is 1.71. The van der Waals surface area contributed by atoms with Crippen LogP contribution in [0.2, 0.25) is 0 Å². The molecule has 0 saturated heterocycles. The van der Waals surface area contributed by atoms with Crippen LogP contribution >= 0.6 is 11.8 Å². The van der Waals surface area contributed by atoms with Gasteiger partial charge in [0.1, 0.15) is 0 Å². The normalized spacial score (nSPS) is 12.7. The molecule has 0 bridgehead atoms. The van der Waals surface area contributed by atoms with Crippen LogP contribution in [0.4, 0.5) is 0 Å². The van der Waals surface area contributed by atoms with Gasteiger partial charge in [-0.05, 0) is 23.8 Å². The third kappa shape index (κ3) is 2.55. The molecule has 4 heteroatoms. The highest BCUT2D eigenvalue weighted by Crippen LogP contribution is 2.42. The summed E-state index contributed by atoms with van der Waals surface area (Å²) in [4.78, 5) is 2.36. The molecule has 124 valence electrons. The molecule has 0 aliphatic carbocycles. The van der Waals surface area contributed by atoms with Crippen LogP contribution in [-0.2, 0) is 0 Å². The maximum Gasteiger partial charge on any atom is 0.168 e. The summed E-state index contributed by atoms with van der Waals surface area (Å²) >= 11 is 1.77. The van der Waals surface area contributed by atoms with E-state index in [0.717, 1.165) is 22.9 Å². The predicted molar refractivity (Wildman–Crippen MR) is 107 cm³/mol. The third-order valence-electron chi connectivity index (χ3n) is 4.36. The minimum Gasteiger partial charge on any atom is -0.274 e. The average Bonchev–Trinajstić information content (AvgIpc) is 3.05. The van der Waals surface area contributed by atoms with Gasteiger partial charge in [0.15, 0.2) is 11.6 Å². The molecule has 3 nitrogen and oxygen atoms in total. The van der Waals surface area contributed by atoms with Crippen LogP contribution in [0.3, 0.4) is 0 Å². The summed E-state index contributed by atoms with van der Waals surface area (Å²) in [6.07, 6.45) is 2.12. The molecular formula is C22H15N3S. The summed E-state index contributed by atoms with van der Waals surface area (Å²) in [6, 6.07) is 29.1. The highest BCUT2D eigenvalue weighted by molar-refractivity contribution is 8.08. The average molecular weight is 353 g/mol. The molecule has 1 aliphatic heterocycles. The molecule has 4 aromatic rings. The summed E-state index contributed by atoms with van der Waals surface area (Å²) < 4.78 is 2.15. The fourth-order valence-electron chi connectivity index (χ4n) is 3.14.